The Morgan fingerprint density at radius 2 is 1.83 bits per heavy atom. The molecule has 5 heteroatoms. The van der Waals surface area contributed by atoms with Crippen LogP contribution in [0.5, 0.6) is 11.5 Å². The molecule has 0 bridgehead atoms. The lowest BCUT2D eigenvalue weighted by Crippen LogP contribution is -2.22. The summed E-state index contributed by atoms with van der Waals surface area (Å²) in [5, 5.41) is 9.09. The lowest BCUT2D eigenvalue weighted by molar-refractivity contribution is 0.0696. The van der Waals surface area contributed by atoms with Crippen LogP contribution in [0.2, 0.25) is 0 Å². The zero-order valence-corrected chi connectivity index (χ0v) is 13.0. The highest BCUT2D eigenvalue weighted by Gasteiger charge is 2.14. The molecule has 120 valence electrons. The molecule has 1 heterocycles. The first kappa shape index (κ1) is 15.4. The monoisotopic (exact) mass is 313 g/mol. The predicted molar refractivity (Wildman–Crippen MR) is 85.8 cm³/mol. The summed E-state index contributed by atoms with van der Waals surface area (Å²) in [6.45, 7) is 4.70. The number of ether oxygens (including phenoxy) is 2. The van der Waals surface area contributed by atoms with Crippen molar-refractivity contribution in [2.45, 2.75) is 20.0 Å². The third-order valence-electron chi connectivity index (χ3n) is 3.87. The molecule has 3 rings (SSSR count). The van der Waals surface area contributed by atoms with Crippen LogP contribution >= 0.6 is 0 Å². The smallest absolute Gasteiger partial charge is 0.335 e. The van der Waals surface area contributed by atoms with E-state index in [-0.39, 0.29) is 6.79 Å². The first-order chi connectivity index (χ1) is 11.2. The SMILES string of the molecule is CCN(Cc1cccc(C(=O)O)c1)Cc1ccc2c(c1)OCO2. The van der Waals surface area contributed by atoms with Crippen LogP contribution in [-0.2, 0) is 13.1 Å². The molecule has 0 saturated carbocycles. The second-order valence-electron chi connectivity index (χ2n) is 5.50. The van der Waals surface area contributed by atoms with Crippen molar-refractivity contribution in [1.82, 2.24) is 4.90 Å². The van der Waals surface area contributed by atoms with E-state index in [4.69, 9.17) is 14.6 Å². The summed E-state index contributed by atoms with van der Waals surface area (Å²) in [5.41, 5.74) is 2.46. The van der Waals surface area contributed by atoms with Crippen LogP contribution in [0.3, 0.4) is 0 Å². The summed E-state index contributed by atoms with van der Waals surface area (Å²) in [6, 6.07) is 13.0. The number of hydrogen-bond donors (Lipinski definition) is 1. The second-order valence-corrected chi connectivity index (χ2v) is 5.50. The van der Waals surface area contributed by atoms with Crippen LogP contribution in [0, 0.1) is 0 Å². The minimum absolute atomic E-state index is 0.276. The van der Waals surface area contributed by atoms with Gasteiger partial charge in [0, 0.05) is 13.1 Å². The maximum atomic E-state index is 11.1. The fraction of sp³-hybridized carbons (Fsp3) is 0.278. The molecule has 0 aromatic heterocycles. The molecule has 0 amide bonds. The van der Waals surface area contributed by atoms with E-state index in [9.17, 15) is 4.79 Å². The van der Waals surface area contributed by atoms with Gasteiger partial charge in [0.25, 0.3) is 0 Å². The Hall–Kier alpha value is -2.53. The zero-order valence-electron chi connectivity index (χ0n) is 13.0. The molecule has 0 unspecified atom stereocenters. The minimum atomic E-state index is -0.898. The van der Waals surface area contributed by atoms with Crippen molar-refractivity contribution < 1.29 is 19.4 Å². The highest BCUT2D eigenvalue weighted by atomic mass is 16.7. The molecule has 1 aliphatic heterocycles. The average Bonchev–Trinajstić information content (AvgIpc) is 3.02. The van der Waals surface area contributed by atoms with Crippen molar-refractivity contribution in [1.29, 1.82) is 0 Å². The third kappa shape index (κ3) is 3.63. The molecule has 0 saturated heterocycles. The Balaban J connectivity index is 1.70. The molecule has 2 aromatic rings. The average molecular weight is 313 g/mol. The number of hydrogen-bond acceptors (Lipinski definition) is 4. The van der Waals surface area contributed by atoms with E-state index >= 15 is 0 Å². The van der Waals surface area contributed by atoms with Gasteiger partial charge < -0.3 is 14.6 Å². The van der Waals surface area contributed by atoms with Gasteiger partial charge in [-0.15, -0.1) is 0 Å². The van der Waals surface area contributed by atoms with Gasteiger partial charge in [-0.1, -0.05) is 25.1 Å². The summed E-state index contributed by atoms with van der Waals surface area (Å²) in [6.07, 6.45) is 0. The molecule has 5 nitrogen and oxygen atoms in total. The van der Waals surface area contributed by atoms with Gasteiger partial charge in [0.2, 0.25) is 6.79 Å². The molecule has 2 aromatic carbocycles. The Kier molecular flexibility index (Phi) is 4.48. The van der Waals surface area contributed by atoms with Crippen LogP contribution in [0.15, 0.2) is 42.5 Å². The summed E-state index contributed by atoms with van der Waals surface area (Å²) < 4.78 is 10.7. The quantitative estimate of drug-likeness (QED) is 0.888. The van der Waals surface area contributed by atoms with Crippen molar-refractivity contribution in [3.05, 3.63) is 59.2 Å². The Morgan fingerprint density at radius 1 is 1.09 bits per heavy atom. The van der Waals surface area contributed by atoms with E-state index in [1.807, 2.05) is 24.3 Å². The van der Waals surface area contributed by atoms with Crippen LogP contribution < -0.4 is 9.47 Å². The van der Waals surface area contributed by atoms with Gasteiger partial charge in [-0.25, -0.2) is 4.79 Å². The molecular formula is C18H19NO4. The van der Waals surface area contributed by atoms with Gasteiger partial charge in [0.1, 0.15) is 0 Å². The molecule has 23 heavy (non-hydrogen) atoms. The first-order valence-electron chi connectivity index (χ1n) is 7.59. The number of fused-ring (bicyclic) bond motifs is 1. The highest BCUT2D eigenvalue weighted by molar-refractivity contribution is 5.87. The van der Waals surface area contributed by atoms with E-state index in [0.717, 1.165) is 35.7 Å². The molecular weight excluding hydrogens is 294 g/mol. The maximum Gasteiger partial charge on any atom is 0.335 e. The van der Waals surface area contributed by atoms with Gasteiger partial charge in [0.05, 0.1) is 5.56 Å². The van der Waals surface area contributed by atoms with E-state index in [0.29, 0.717) is 12.1 Å². The number of benzene rings is 2. The van der Waals surface area contributed by atoms with Crippen molar-refractivity contribution in [3.63, 3.8) is 0 Å². The standard InChI is InChI=1S/C18H19NO4/c1-2-19(10-13-4-3-5-15(8-13)18(20)21)11-14-6-7-16-17(9-14)23-12-22-16/h3-9H,2,10-12H2,1H3,(H,20,21). The van der Waals surface area contributed by atoms with Gasteiger partial charge in [-0.2, -0.15) is 0 Å². The Labute approximate surface area is 135 Å². The maximum absolute atomic E-state index is 11.1. The summed E-state index contributed by atoms with van der Waals surface area (Å²) >= 11 is 0. The summed E-state index contributed by atoms with van der Waals surface area (Å²) in [5.74, 6) is 0.669. The van der Waals surface area contributed by atoms with E-state index in [2.05, 4.69) is 11.8 Å². The molecule has 1 N–H and O–H groups in total. The van der Waals surface area contributed by atoms with Gasteiger partial charge >= 0.3 is 5.97 Å². The van der Waals surface area contributed by atoms with Gasteiger partial charge in [0.15, 0.2) is 11.5 Å². The minimum Gasteiger partial charge on any atom is -0.478 e. The predicted octanol–water partition coefficient (Wildman–Crippen LogP) is 3.14. The summed E-state index contributed by atoms with van der Waals surface area (Å²) in [4.78, 5) is 13.3. The summed E-state index contributed by atoms with van der Waals surface area (Å²) in [7, 11) is 0. The first-order valence-corrected chi connectivity index (χ1v) is 7.59. The molecule has 0 fully saturated rings. The number of carbonyl (C=O) groups is 1. The fourth-order valence-electron chi connectivity index (χ4n) is 2.64. The molecule has 0 atom stereocenters. The third-order valence-corrected chi connectivity index (χ3v) is 3.87. The molecule has 0 radical (unpaired) electrons. The van der Waals surface area contributed by atoms with Crippen LogP contribution in [0.4, 0.5) is 0 Å². The fourth-order valence-corrected chi connectivity index (χ4v) is 2.64. The molecule has 0 aliphatic carbocycles. The van der Waals surface area contributed by atoms with Crippen molar-refractivity contribution in [2.24, 2.45) is 0 Å². The second kappa shape index (κ2) is 6.71. The van der Waals surface area contributed by atoms with E-state index < -0.39 is 5.97 Å². The number of carboxylic acids is 1. The van der Waals surface area contributed by atoms with Crippen molar-refractivity contribution in [2.75, 3.05) is 13.3 Å². The lowest BCUT2D eigenvalue weighted by Gasteiger charge is -2.21. The Morgan fingerprint density at radius 3 is 2.57 bits per heavy atom. The van der Waals surface area contributed by atoms with Crippen LogP contribution in [0.25, 0.3) is 0 Å². The number of rotatable bonds is 6. The zero-order chi connectivity index (χ0) is 16.2. The largest absolute Gasteiger partial charge is 0.478 e. The molecule has 1 aliphatic rings. The number of nitrogens with zero attached hydrogens (tertiary/aromatic N) is 1. The number of aromatic carboxylic acids is 1. The normalized spacial score (nSPS) is 12.6. The molecule has 0 spiro atoms. The van der Waals surface area contributed by atoms with Crippen molar-refractivity contribution in [3.8, 4) is 11.5 Å². The lowest BCUT2D eigenvalue weighted by atomic mass is 10.1. The highest BCUT2D eigenvalue weighted by Crippen LogP contribution is 2.32. The van der Waals surface area contributed by atoms with E-state index in [1.54, 1.807) is 18.2 Å². The Bertz CT molecular complexity index is 714. The topological polar surface area (TPSA) is 59.0 Å². The van der Waals surface area contributed by atoms with Gasteiger partial charge in [-0.05, 0) is 41.9 Å². The van der Waals surface area contributed by atoms with Crippen LogP contribution in [-0.4, -0.2) is 29.3 Å². The van der Waals surface area contributed by atoms with Crippen molar-refractivity contribution >= 4 is 5.97 Å². The van der Waals surface area contributed by atoms with Gasteiger partial charge in [-0.3, -0.25) is 4.90 Å². The number of carboxylic acid groups (broad SMARTS) is 1. The van der Waals surface area contributed by atoms with E-state index in [1.165, 1.54) is 0 Å². The van der Waals surface area contributed by atoms with Crippen LogP contribution in [0.1, 0.15) is 28.4 Å².